The van der Waals surface area contributed by atoms with E-state index in [1.807, 2.05) is 0 Å². The van der Waals surface area contributed by atoms with E-state index in [1.54, 1.807) is 0 Å². The van der Waals surface area contributed by atoms with Crippen LogP contribution in [0.2, 0.25) is 0 Å². The lowest BCUT2D eigenvalue weighted by atomic mass is 9.65. The SMILES string of the molecule is CCC(C)(C)C1CCC(C(=O)O)C(N2CCC(C)CC2)C1. The Bertz CT molecular complexity index is 358. The summed E-state index contributed by atoms with van der Waals surface area (Å²) < 4.78 is 0. The van der Waals surface area contributed by atoms with Gasteiger partial charge < -0.3 is 5.11 Å². The summed E-state index contributed by atoms with van der Waals surface area (Å²) in [5, 5.41) is 9.61. The third-order valence-corrected chi connectivity index (χ3v) is 6.44. The van der Waals surface area contributed by atoms with Gasteiger partial charge in [0, 0.05) is 6.04 Å². The zero-order chi connectivity index (χ0) is 15.6. The number of likely N-dealkylation sites (tertiary alicyclic amines) is 1. The van der Waals surface area contributed by atoms with Crippen molar-refractivity contribution in [3.63, 3.8) is 0 Å². The smallest absolute Gasteiger partial charge is 0.308 e. The molecule has 3 heteroatoms. The molecular formula is C18H33NO2. The second-order valence-electron chi connectivity index (χ2n) is 8.08. The molecule has 0 radical (unpaired) electrons. The van der Waals surface area contributed by atoms with Crippen LogP contribution in [0.25, 0.3) is 0 Å². The maximum absolute atomic E-state index is 11.7. The average molecular weight is 295 g/mol. The van der Waals surface area contributed by atoms with Crippen molar-refractivity contribution in [1.82, 2.24) is 4.90 Å². The topological polar surface area (TPSA) is 40.5 Å². The van der Waals surface area contributed by atoms with Crippen LogP contribution < -0.4 is 0 Å². The molecule has 0 amide bonds. The number of carboxylic acids is 1. The van der Waals surface area contributed by atoms with E-state index in [0.717, 1.165) is 38.3 Å². The van der Waals surface area contributed by atoms with Crippen LogP contribution in [-0.4, -0.2) is 35.1 Å². The van der Waals surface area contributed by atoms with Crippen LogP contribution in [0.4, 0.5) is 0 Å². The first-order valence-electron chi connectivity index (χ1n) is 8.82. The maximum Gasteiger partial charge on any atom is 0.308 e. The highest BCUT2D eigenvalue weighted by atomic mass is 16.4. The Labute approximate surface area is 130 Å². The van der Waals surface area contributed by atoms with Gasteiger partial charge in [0.15, 0.2) is 0 Å². The van der Waals surface area contributed by atoms with Crippen molar-refractivity contribution in [2.24, 2.45) is 23.2 Å². The molecule has 0 spiro atoms. The molecule has 0 aromatic carbocycles. The normalized spacial score (nSPS) is 33.0. The van der Waals surface area contributed by atoms with Gasteiger partial charge in [-0.05, 0) is 62.4 Å². The van der Waals surface area contributed by atoms with Crippen molar-refractivity contribution >= 4 is 5.97 Å². The molecule has 1 saturated carbocycles. The number of piperidine rings is 1. The van der Waals surface area contributed by atoms with Crippen molar-refractivity contribution in [2.45, 2.75) is 72.3 Å². The Kier molecular flexibility index (Phi) is 5.34. The van der Waals surface area contributed by atoms with E-state index in [2.05, 4.69) is 32.6 Å². The Morgan fingerprint density at radius 2 is 1.81 bits per heavy atom. The molecule has 1 aliphatic carbocycles. The number of hydrogen-bond acceptors (Lipinski definition) is 2. The highest BCUT2D eigenvalue weighted by Crippen LogP contribution is 2.44. The molecule has 0 bridgehead atoms. The van der Waals surface area contributed by atoms with Gasteiger partial charge in [-0.15, -0.1) is 0 Å². The van der Waals surface area contributed by atoms with Gasteiger partial charge in [0.05, 0.1) is 5.92 Å². The lowest BCUT2D eigenvalue weighted by molar-refractivity contribution is -0.147. The van der Waals surface area contributed by atoms with Crippen molar-refractivity contribution in [2.75, 3.05) is 13.1 Å². The first-order valence-corrected chi connectivity index (χ1v) is 8.82. The molecular weight excluding hydrogens is 262 g/mol. The number of carbonyl (C=O) groups is 1. The maximum atomic E-state index is 11.7. The molecule has 122 valence electrons. The van der Waals surface area contributed by atoms with E-state index < -0.39 is 5.97 Å². The van der Waals surface area contributed by atoms with Gasteiger partial charge in [-0.2, -0.15) is 0 Å². The van der Waals surface area contributed by atoms with E-state index in [4.69, 9.17) is 0 Å². The highest BCUT2D eigenvalue weighted by Gasteiger charge is 2.42. The molecule has 1 heterocycles. The number of hydrogen-bond donors (Lipinski definition) is 1. The predicted molar refractivity (Wildman–Crippen MR) is 86.3 cm³/mol. The van der Waals surface area contributed by atoms with E-state index in [1.165, 1.54) is 19.3 Å². The summed E-state index contributed by atoms with van der Waals surface area (Å²) >= 11 is 0. The van der Waals surface area contributed by atoms with E-state index >= 15 is 0 Å². The summed E-state index contributed by atoms with van der Waals surface area (Å²) in [4.78, 5) is 14.2. The largest absolute Gasteiger partial charge is 0.481 e. The molecule has 2 rings (SSSR count). The van der Waals surface area contributed by atoms with Crippen LogP contribution >= 0.6 is 0 Å². The fourth-order valence-electron chi connectivity index (χ4n) is 4.20. The van der Waals surface area contributed by atoms with Gasteiger partial charge in [0.1, 0.15) is 0 Å². The van der Waals surface area contributed by atoms with Crippen LogP contribution in [0, 0.1) is 23.2 Å². The number of rotatable bonds is 4. The number of aliphatic carboxylic acids is 1. The monoisotopic (exact) mass is 295 g/mol. The summed E-state index contributed by atoms with van der Waals surface area (Å²) in [5.41, 5.74) is 0.338. The average Bonchev–Trinajstić information content (AvgIpc) is 2.47. The first kappa shape index (κ1) is 16.8. The first-order chi connectivity index (χ1) is 9.85. The Balaban J connectivity index is 2.10. The van der Waals surface area contributed by atoms with Crippen LogP contribution in [-0.2, 0) is 4.79 Å². The summed E-state index contributed by atoms with van der Waals surface area (Å²) in [6, 6.07) is 0.263. The Hall–Kier alpha value is -0.570. The van der Waals surface area contributed by atoms with Crippen LogP contribution in [0.5, 0.6) is 0 Å². The molecule has 21 heavy (non-hydrogen) atoms. The summed E-state index contributed by atoms with van der Waals surface area (Å²) in [7, 11) is 0. The fraction of sp³-hybridized carbons (Fsp3) is 0.944. The molecule has 0 aromatic rings. The van der Waals surface area contributed by atoms with Gasteiger partial charge in [-0.25, -0.2) is 0 Å². The predicted octanol–water partition coefficient (Wildman–Crippen LogP) is 4.02. The molecule has 0 aromatic heterocycles. The van der Waals surface area contributed by atoms with E-state index in [-0.39, 0.29) is 12.0 Å². The highest BCUT2D eigenvalue weighted by molar-refractivity contribution is 5.71. The molecule has 3 unspecified atom stereocenters. The van der Waals surface area contributed by atoms with Crippen molar-refractivity contribution in [3.8, 4) is 0 Å². The molecule has 2 aliphatic rings. The summed E-state index contributed by atoms with van der Waals surface area (Å²) in [5.74, 6) is 0.743. The minimum atomic E-state index is -0.577. The third kappa shape index (κ3) is 3.80. The quantitative estimate of drug-likeness (QED) is 0.851. The lowest BCUT2D eigenvalue weighted by Crippen LogP contribution is -2.51. The van der Waals surface area contributed by atoms with Crippen molar-refractivity contribution < 1.29 is 9.90 Å². The van der Waals surface area contributed by atoms with Gasteiger partial charge >= 0.3 is 5.97 Å². The summed E-state index contributed by atoms with van der Waals surface area (Å²) in [6.45, 7) is 11.5. The minimum Gasteiger partial charge on any atom is -0.481 e. The summed E-state index contributed by atoms with van der Waals surface area (Å²) in [6.07, 6.45) is 6.65. The van der Waals surface area contributed by atoms with E-state index in [0.29, 0.717) is 11.3 Å². The Morgan fingerprint density at radius 3 is 2.33 bits per heavy atom. The van der Waals surface area contributed by atoms with Gasteiger partial charge in [-0.3, -0.25) is 9.69 Å². The molecule has 3 nitrogen and oxygen atoms in total. The van der Waals surface area contributed by atoms with Crippen molar-refractivity contribution in [3.05, 3.63) is 0 Å². The van der Waals surface area contributed by atoms with Crippen molar-refractivity contribution in [1.29, 1.82) is 0 Å². The van der Waals surface area contributed by atoms with Crippen LogP contribution in [0.3, 0.4) is 0 Å². The fourth-order valence-corrected chi connectivity index (χ4v) is 4.20. The molecule has 2 fully saturated rings. The zero-order valence-electron chi connectivity index (χ0n) is 14.3. The second-order valence-corrected chi connectivity index (χ2v) is 8.08. The van der Waals surface area contributed by atoms with Gasteiger partial charge in [-0.1, -0.05) is 34.1 Å². The third-order valence-electron chi connectivity index (χ3n) is 6.44. The Morgan fingerprint density at radius 1 is 1.19 bits per heavy atom. The lowest BCUT2D eigenvalue weighted by Gasteiger charge is -2.47. The minimum absolute atomic E-state index is 0.151. The molecule has 1 N–H and O–H groups in total. The molecule has 1 saturated heterocycles. The van der Waals surface area contributed by atoms with Gasteiger partial charge in [0.2, 0.25) is 0 Å². The second kappa shape index (κ2) is 6.68. The van der Waals surface area contributed by atoms with E-state index in [9.17, 15) is 9.90 Å². The zero-order valence-corrected chi connectivity index (χ0v) is 14.3. The van der Waals surface area contributed by atoms with Crippen LogP contribution in [0.1, 0.15) is 66.2 Å². The number of carboxylic acid groups (broad SMARTS) is 1. The standard InChI is InChI=1S/C18H33NO2/c1-5-18(3,4)14-6-7-15(17(20)21)16(12-14)19-10-8-13(2)9-11-19/h13-16H,5-12H2,1-4H3,(H,20,21). The molecule has 1 aliphatic heterocycles. The van der Waals surface area contributed by atoms with Crippen LogP contribution in [0.15, 0.2) is 0 Å². The number of nitrogens with zero attached hydrogens (tertiary/aromatic N) is 1. The molecule has 3 atom stereocenters. The van der Waals surface area contributed by atoms with Gasteiger partial charge in [0.25, 0.3) is 0 Å².